The summed E-state index contributed by atoms with van der Waals surface area (Å²) in [6.45, 7) is 1.42. The Morgan fingerprint density at radius 2 is 1.86 bits per heavy atom. The van der Waals surface area contributed by atoms with Gasteiger partial charge in [0.05, 0.1) is 6.04 Å². The van der Waals surface area contributed by atoms with Crippen LogP contribution in [-0.4, -0.2) is 59.0 Å². The third kappa shape index (κ3) is 7.59. The number of carbonyl (C=O) groups is 4. The van der Waals surface area contributed by atoms with Crippen molar-refractivity contribution in [2.75, 3.05) is 13.2 Å². The van der Waals surface area contributed by atoms with E-state index in [1.54, 1.807) is 12.3 Å². The molecule has 1 aromatic heterocycles. The van der Waals surface area contributed by atoms with Gasteiger partial charge < -0.3 is 26.4 Å². The zero-order chi connectivity index (χ0) is 25.2. The number of rotatable bonds is 5. The molecule has 1 aromatic carbocycles. The number of aliphatic hydroxyl groups is 1. The van der Waals surface area contributed by atoms with E-state index in [0.717, 1.165) is 5.56 Å². The number of carbonyl (C=O) groups excluding carboxylic acids is 4. The van der Waals surface area contributed by atoms with Crippen LogP contribution in [0.3, 0.4) is 0 Å². The van der Waals surface area contributed by atoms with Gasteiger partial charge in [-0.15, -0.1) is 11.3 Å². The molecule has 11 heteroatoms. The van der Waals surface area contributed by atoms with Crippen LogP contribution in [0.15, 0.2) is 35.7 Å². The van der Waals surface area contributed by atoms with Crippen LogP contribution >= 0.6 is 11.3 Å². The van der Waals surface area contributed by atoms with Gasteiger partial charge in [0.15, 0.2) is 0 Å². The molecular weight excluding hydrogens is 470 g/mol. The molecule has 35 heavy (non-hydrogen) atoms. The molecule has 1 aliphatic rings. The first kappa shape index (κ1) is 26.3. The van der Waals surface area contributed by atoms with Crippen molar-refractivity contribution in [3.8, 4) is 0 Å². The Labute approximate surface area is 207 Å². The molecule has 3 rings (SSSR count). The third-order valence-corrected chi connectivity index (χ3v) is 6.65. The highest BCUT2D eigenvalue weighted by molar-refractivity contribution is 7.09. The number of nitrogens with zero attached hydrogens (tertiary/aromatic N) is 1. The fourth-order valence-corrected chi connectivity index (χ4v) is 4.62. The minimum Gasteiger partial charge on any atom is -0.387 e. The molecule has 2 aromatic rings. The van der Waals surface area contributed by atoms with E-state index in [1.807, 2.05) is 30.3 Å². The molecule has 2 bridgehead atoms. The summed E-state index contributed by atoms with van der Waals surface area (Å²) >= 11 is 1.30. The molecule has 3 atom stereocenters. The van der Waals surface area contributed by atoms with Crippen molar-refractivity contribution >= 4 is 35.0 Å². The van der Waals surface area contributed by atoms with Gasteiger partial charge in [-0.25, -0.2) is 4.98 Å². The largest absolute Gasteiger partial charge is 0.387 e. The topological polar surface area (TPSA) is 150 Å². The summed E-state index contributed by atoms with van der Waals surface area (Å²) in [7, 11) is 0. The number of thiazole rings is 1. The van der Waals surface area contributed by atoms with Crippen molar-refractivity contribution in [3.05, 3.63) is 52.0 Å². The van der Waals surface area contributed by atoms with Crippen LogP contribution in [0.1, 0.15) is 59.7 Å². The van der Waals surface area contributed by atoms with Crippen molar-refractivity contribution in [1.29, 1.82) is 0 Å². The molecule has 0 fully saturated rings. The van der Waals surface area contributed by atoms with E-state index in [-0.39, 0.29) is 17.5 Å². The van der Waals surface area contributed by atoms with Gasteiger partial charge in [-0.1, -0.05) is 37.3 Å². The van der Waals surface area contributed by atoms with Gasteiger partial charge in [0, 0.05) is 11.9 Å². The van der Waals surface area contributed by atoms with E-state index in [2.05, 4.69) is 26.3 Å². The summed E-state index contributed by atoms with van der Waals surface area (Å²) in [5.41, 5.74) is 1.27. The first-order valence-corrected chi connectivity index (χ1v) is 12.6. The summed E-state index contributed by atoms with van der Waals surface area (Å²) in [6, 6.07) is 7.37. The minimum absolute atomic E-state index is 0.290. The molecule has 0 spiro atoms. The SMILES string of the molecule is CC[C@H]1NC(=O)[C@@H](NC(=O)CO)CCCCNC(=O)c2csc(n2)[C@H](Cc2ccccc2)NC1=O. The van der Waals surface area contributed by atoms with Gasteiger partial charge in [0.25, 0.3) is 5.91 Å². The minimum atomic E-state index is -0.904. The highest BCUT2D eigenvalue weighted by Gasteiger charge is 2.28. The Morgan fingerprint density at radius 1 is 1.11 bits per heavy atom. The molecule has 0 aliphatic carbocycles. The average Bonchev–Trinajstić information content (AvgIpc) is 3.36. The quantitative estimate of drug-likeness (QED) is 0.410. The second kappa shape index (κ2) is 13.0. The number of fused-ring (bicyclic) bond motifs is 2. The number of amides is 4. The molecule has 0 saturated carbocycles. The van der Waals surface area contributed by atoms with Gasteiger partial charge in [-0.3, -0.25) is 19.2 Å². The van der Waals surface area contributed by atoms with Gasteiger partial charge in [-0.05, 0) is 37.7 Å². The van der Waals surface area contributed by atoms with Gasteiger partial charge in [-0.2, -0.15) is 0 Å². The van der Waals surface area contributed by atoms with E-state index < -0.39 is 36.5 Å². The van der Waals surface area contributed by atoms with Crippen LogP contribution < -0.4 is 21.3 Å². The second-order valence-electron chi connectivity index (χ2n) is 8.32. The second-order valence-corrected chi connectivity index (χ2v) is 9.21. The van der Waals surface area contributed by atoms with Crippen LogP contribution in [0.2, 0.25) is 0 Å². The Kier molecular flexibility index (Phi) is 9.74. The maximum Gasteiger partial charge on any atom is 0.270 e. The van der Waals surface area contributed by atoms with Gasteiger partial charge in [0.1, 0.15) is 29.4 Å². The van der Waals surface area contributed by atoms with Crippen molar-refractivity contribution in [1.82, 2.24) is 26.3 Å². The molecule has 10 nitrogen and oxygen atoms in total. The Morgan fingerprint density at radius 3 is 2.57 bits per heavy atom. The number of benzene rings is 1. The number of aliphatic hydroxyl groups excluding tert-OH is 1. The lowest BCUT2D eigenvalue weighted by molar-refractivity contribution is -0.133. The fraction of sp³-hybridized carbons (Fsp3) is 0.458. The first-order valence-electron chi connectivity index (χ1n) is 11.7. The van der Waals surface area contributed by atoms with Crippen molar-refractivity contribution in [2.45, 2.75) is 57.2 Å². The number of hydrogen-bond acceptors (Lipinski definition) is 7. The Balaban J connectivity index is 1.87. The molecule has 0 saturated heterocycles. The standard InChI is InChI=1S/C24H31N5O5S/c1-2-16-22(33)28-18(12-15-8-4-3-5-9-15)24-29-19(14-35-24)21(32)25-11-7-6-10-17(23(34)27-16)26-20(31)13-30/h3-5,8-9,14,16-18,30H,2,6-7,10-13H2,1H3,(H,25,32)(H,26,31)(H,27,34)(H,28,33)/t16-,17+,18+/m1/s1. The third-order valence-electron chi connectivity index (χ3n) is 5.69. The highest BCUT2D eigenvalue weighted by Crippen LogP contribution is 2.23. The predicted octanol–water partition coefficient (Wildman–Crippen LogP) is 0.829. The molecule has 188 valence electrons. The Bertz CT molecular complexity index is 1030. The lowest BCUT2D eigenvalue weighted by Gasteiger charge is -2.24. The maximum absolute atomic E-state index is 13.2. The molecule has 2 heterocycles. The first-order chi connectivity index (χ1) is 16.9. The van der Waals surface area contributed by atoms with Crippen LogP contribution in [0.25, 0.3) is 0 Å². The smallest absolute Gasteiger partial charge is 0.270 e. The summed E-state index contributed by atoms with van der Waals surface area (Å²) in [5.74, 6) is -1.87. The summed E-state index contributed by atoms with van der Waals surface area (Å²) < 4.78 is 0. The molecule has 0 unspecified atom stereocenters. The van der Waals surface area contributed by atoms with Crippen LogP contribution in [0.5, 0.6) is 0 Å². The van der Waals surface area contributed by atoms with Crippen molar-refractivity contribution < 1.29 is 24.3 Å². The zero-order valence-corrected chi connectivity index (χ0v) is 20.4. The average molecular weight is 502 g/mol. The number of aromatic nitrogens is 1. The highest BCUT2D eigenvalue weighted by atomic mass is 32.1. The summed E-state index contributed by atoms with van der Waals surface area (Å²) in [6.07, 6.45) is 2.20. The molecular formula is C24H31N5O5S. The zero-order valence-electron chi connectivity index (χ0n) is 19.6. The van der Waals surface area contributed by atoms with E-state index in [0.29, 0.717) is 43.7 Å². The summed E-state index contributed by atoms with van der Waals surface area (Å²) in [4.78, 5) is 54.9. The predicted molar refractivity (Wildman–Crippen MR) is 131 cm³/mol. The molecule has 1 aliphatic heterocycles. The van der Waals surface area contributed by atoms with E-state index in [4.69, 9.17) is 5.11 Å². The van der Waals surface area contributed by atoms with Crippen LogP contribution in [0.4, 0.5) is 0 Å². The number of nitrogens with one attached hydrogen (secondary N) is 4. The monoisotopic (exact) mass is 501 g/mol. The normalized spacial score (nSPS) is 22.0. The lowest BCUT2D eigenvalue weighted by atomic mass is 10.0. The molecule has 4 amide bonds. The maximum atomic E-state index is 13.2. The molecule has 0 radical (unpaired) electrons. The van der Waals surface area contributed by atoms with Gasteiger partial charge in [0.2, 0.25) is 17.7 Å². The van der Waals surface area contributed by atoms with Crippen molar-refractivity contribution in [3.63, 3.8) is 0 Å². The van der Waals surface area contributed by atoms with Crippen LogP contribution in [-0.2, 0) is 20.8 Å². The Hall–Kier alpha value is -3.31. The number of hydrogen-bond donors (Lipinski definition) is 5. The van der Waals surface area contributed by atoms with Crippen molar-refractivity contribution in [2.24, 2.45) is 0 Å². The fourth-order valence-electron chi connectivity index (χ4n) is 3.77. The molecule has 5 N–H and O–H groups in total. The van der Waals surface area contributed by atoms with Crippen LogP contribution in [0, 0.1) is 0 Å². The lowest BCUT2D eigenvalue weighted by Crippen LogP contribution is -2.54. The van der Waals surface area contributed by atoms with Gasteiger partial charge >= 0.3 is 0 Å². The van der Waals surface area contributed by atoms with E-state index in [1.165, 1.54) is 11.3 Å². The van der Waals surface area contributed by atoms with E-state index in [9.17, 15) is 19.2 Å². The van der Waals surface area contributed by atoms with E-state index >= 15 is 0 Å². The summed E-state index contributed by atoms with van der Waals surface area (Å²) in [5, 5.41) is 22.4.